The molecule has 33 heavy (non-hydrogen) atoms. The fourth-order valence-electron chi connectivity index (χ4n) is 4.10. The highest BCUT2D eigenvalue weighted by molar-refractivity contribution is 5.90. The van der Waals surface area contributed by atoms with Crippen molar-refractivity contribution in [3.05, 3.63) is 60.0 Å². The second kappa shape index (κ2) is 9.32. The van der Waals surface area contributed by atoms with Crippen molar-refractivity contribution in [1.82, 2.24) is 10.3 Å². The average Bonchev–Trinajstić information content (AvgIpc) is 3.19. The first-order chi connectivity index (χ1) is 15.9. The minimum atomic E-state index is -0.752. The van der Waals surface area contributed by atoms with Crippen LogP contribution in [0.3, 0.4) is 0 Å². The smallest absolute Gasteiger partial charge is 0.414 e. The molecule has 2 amide bonds. The van der Waals surface area contributed by atoms with Crippen LogP contribution in [0.15, 0.2) is 42.7 Å². The first-order valence-electron chi connectivity index (χ1n) is 10.7. The van der Waals surface area contributed by atoms with Crippen LogP contribution >= 0.6 is 0 Å². The molecule has 0 aliphatic carbocycles. The van der Waals surface area contributed by atoms with Gasteiger partial charge >= 0.3 is 11.8 Å². The van der Waals surface area contributed by atoms with Crippen LogP contribution in [0.5, 0.6) is 0 Å². The summed E-state index contributed by atoms with van der Waals surface area (Å²) < 4.78 is 20.3. The molecule has 0 saturated carbocycles. The zero-order valence-corrected chi connectivity index (χ0v) is 18.3. The van der Waals surface area contributed by atoms with E-state index in [9.17, 15) is 9.59 Å². The van der Waals surface area contributed by atoms with Gasteiger partial charge in [-0.2, -0.15) is 0 Å². The molecule has 3 heterocycles. The van der Waals surface area contributed by atoms with Gasteiger partial charge in [0, 0.05) is 26.2 Å². The number of cyclic esters (lactones) is 1. The molecule has 2 fully saturated rings. The Morgan fingerprint density at radius 2 is 2.15 bits per heavy atom. The van der Waals surface area contributed by atoms with Crippen molar-refractivity contribution in [2.24, 2.45) is 0 Å². The number of piperidine rings is 1. The van der Waals surface area contributed by atoms with E-state index in [4.69, 9.17) is 11.3 Å². The topological polar surface area (TPSA) is 91.2 Å². The SMILES string of the molecule is [C-]#[N+]C1(Nc2cccnc2)CCN(c2ccc(N3C[C@H](CNC(C)=O)OC3=O)cc2F)CC1. The number of benzene rings is 1. The first kappa shape index (κ1) is 22.3. The van der Waals surface area contributed by atoms with E-state index in [-0.39, 0.29) is 19.0 Å². The molecule has 2 saturated heterocycles. The van der Waals surface area contributed by atoms with Crippen molar-refractivity contribution >= 4 is 29.1 Å². The highest BCUT2D eigenvalue weighted by Gasteiger charge is 2.41. The number of anilines is 3. The van der Waals surface area contributed by atoms with E-state index in [1.165, 1.54) is 17.9 Å². The maximum absolute atomic E-state index is 15.0. The van der Waals surface area contributed by atoms with Gasteiger partial charge in [-0.1, -0.05) is 0 Å². The Labute approximate surface area is 191 Å². The number of amides is 2. The fraction of sp³-hybridized carbons (Fsp3) is 0.391. The summed E-state index contributed by atoms with van der Waals surface area (Å²) in [6.45, 7) is 10.5. The van der Waals surface area contributed by atoms with E-state index >= 15 is 4.39 Å². The molecule has 0 bridgehead atoms. The Kier molecular flexibility index (Phi) is 6.31. The Morgan fingerprint density at radius 1 is 1.36 bits per heavy atom. The van der Waals surface area contributed by atoms with E-state index < -0.39 is 23.7 Å². The van der Waals surface area contributed by atoms with Crippen molar-refractivity contribution in [2.45, 2.75) is 31.5 Å². The van der Waals surface area contributed by atoms with Gasteiger partial charge in [0.15, 0.2) is 0 Å². The summed E-state index contributed by atoms with van der Waals surface area (Å²) in [6, 6.07) is 8.34. The van der Waals surface area contributed by atoms with E-state index in [1.807, 2.05) is 17.0 Å². The molecule has 2 N–H and O–H groups in total. The maximum Gasteiger partial charge on any atom is 0.414 e. The summed E-state index contributed by atoms with van der Waals surface area (Å²) in [5, 5.41) is 5.90. The summed E-state index contributed by atoms with van der Waals surface area (Å²) in [5.74, 6) is -0.652. The van der Waals surface area contributed by atoms with E-state index in [0.29, 0.717) is 37.3 Å². The van der Waals surface area contributed by atoms with E-state index in [2.05, 4.69) is 20.5 Å². The molecule has 2 aliphatic heterocycles. The second-order valence-electron chi connectivity index (χ2n) is 8.19. The molecular weight excluding hydrogens is 427 g/mol. The normalized spacial score (nSPS) is 19.5. The van der Waals surface area contributed by atoms with Gasteiger partial charge in [0.25, 0.3) is 0 Å². The van der Waals surface area contributed by atoms with Gasteiger partial charge in [0.05, 0.1) is 49.2 Å². The van der Waals surface area contributed by atoms with Gasteiger partial charge in [0.1, 0.15) is 11.9 Å². The summed E-state index contributed by atoms with van der Waals surface area (Å²) in [5.41, 5.74) is 0.864. The van der Waals surface area contributed by atoms with Crippen molar-refractivity contribution in [3.8, 4) is 0 Å². The largest absolute Gasteiger partial charge is 0.442 e. The maximum atomic E-state index is 15.0. The lowest BCUT2D eigenvalue weighted by atomic mass is 9.96. The summed E-state index contributed by atoms with van der Waals surface area (Å²) in [6.07, 6.45) is 3.35. The van der Waals surface area contributed by atoms with Crippen molar-refractivity contribution in [2.75, 3.05) is 41.3 Å². The lowest BCUT2D eigenvalue weighted by molar-refractivity contribution is -0.119. The minimum absolute atomic E-state index is 0.209. The predicted molar refractivity (Wildman–Crippen MR) is 121 cm³/mol. The molecule has 1 aromatic carbocycles. The number of rotatable bonds is 6. The summed E-state index contributed by atoms with van der Waals surface area (Å²) >= 11 is 0. The van der Waals surface area contributed by atoms with Crippen LogP contribution in [0.1, 0.15) is 19.8 Å². The number of carbonyl (C=O) groups excluding carboxylic acids is 2. The van der Waals surface area contributed by atoms with Crippen LogP contribution < -0.4 is 20.4 Å². The van der Waals surface area contributed by atoms with Gasteiger partial charge in [-0.25, -0.2) is 15.8 Å². The van der Waals surface area contributed by atoms with Crippen molar-refractivity contribution < 1.29 is 18.7 Å². The highest BCUT2D eigenvalue weighted by Crippen LogP contribution is 2.33. The second-order valence-corrected chi connectivity index (χ2v) is 8.19. The molecule has 2 aliphatic rings. The number of halogens is 1. The molecular formula is C23H25FN6O3. The third-order valence-electron chi connectivity index (χ3n) is 5.88. The zero-order chi connectivity index (χ0) is 23.4. The Bertz CT molecular complexity index is 1070. The molecule has 2 aromatic rings. The molecule has 0 unspecified atom stereocenters. The van der Waals surface area contributed by atoms with Crippen LogP contribution in [-0.2, 0) is 9.53 Å². The molecule has 10 heteroatoms. The van der Waals surface area contributed by atoms with Crippen LogP contribution in [-0.4, -0.2) is 54.9 Å². The van der Waals surface area contributed by atoms with E-state index in [1.54, 1.807) is 24.5 Å². The molecule has 4 rings (SSSR count). The number of hydrogen-bond donors (Lipinski definition) is 2. The number of nitrogens with zero attached hydrogens (tertiary/aromatic N) is 4. The predicted octanol–water partition coefficient (Wildman–Crippen LogP) is 3.01. The van der Waals surface area contributed by atoms with Crippen LogP contribution in [0.2, 0.25) is 0 Å². The quantitative estimate of drug-likeness (QED) is 0.655. The number of nitrogens with one attached hydrogen (secondary N) is 2. The third-order valence-corrected chi connectivity index (χ3v) is 5.88. The highest BCUT2D eigenvalue weighted by atomic mass is 19.1. The molecule has 0 radical (unpaired) electrons. The number of hydrogen-bond acceptors (Lipinski definition) is 6. The van der Waals surface area contributed by atoms with Gasteiger partial charge in [-0.05, 0) is 30.3 Å². The van der Waals surface area contributed by atoms with Crippen LogP contribution in [0, 0.1) is 12.4 Å². The van der Waals surface area contributed by atoms with Gasteiger partial charge < -0.3 is 20.3 Å². The number of ether oxygens (including phenoxy) is 1. The van der Waals surface area contributed by atoms with Crippen LogP contribution in [0.25, 0.3) is 4.85 Å². The summed E-state index contributed by atoms with van der Waals surface area (Å²) in [4.78, 5) is 34.5. The standard InChI is InChI=1S/C23H25FN6O3/c1-16(31)27-14-19-15-30(22(32)33-19)18-5-6-21(20(24)12-18)29-10-7-23(25-2,8-11-29)28-17-4-3-9-26-13-17/h3-6,9,12-13,19,28H,7-8,10-11,14-15H2,1H3,(H,27,31)/t19-/m0/s1. The number of aromatic nitrogens is 1. The van der Waals surface area contributed by atoms with E-state index in [0.717, 1.165) is 5.69 Å². The number of carbonyl (C=O) groups is 2. The zero-order valence-electron chi connectivity index (χ0n) is 18.3. The Hall–Kier alpha value is -3.87. The van der Waals surface area contributed by atoms with Crippen molar-refractivity contribution in [3.63, 3.8) is 0 Å². The molecule has 1 atom stereocenters. The molecule has 9 nitrogen and oxygen atoms in total. The molecule has 0 spiro atoms. The Morgan fingerprint density at radius 3 is 2.79 bits per heavy atom. The van der Waals surface area contributed by atoms with Gasteiger partial charge in [-0.3, -0.25) is 19.5 Å². The summed E-state index contributed by atoms with van der Waals surface area (Å²) in [7, 11) is 0. The monoisotopic (exact) mass is 452 g/mol. The van der Waals surface area contributed by atoms with Crippen LogP contribution in [0.4, 0.5) is 26.2 Å². The fourth-order valence-corrected chi connectivity index (χ4v) is 4.10. The average molecular weight is 452 g/mol. The Balaban J connectivity index is 1.40. The van der Waals surface area contributed by atoms with Gasteiger partial charge in [0.2, 0.25) is 5.91 Å². The van der Waals surface area contributed by atoms with Gasteiger partial charge in [-0.15, -0.1) is 0 Å². The first-order valence-corrected chi connectivity index (χ1v) is 10.7. The minimum Gasteiger partial charge on any atom is -0.442 e. The van der Waals surface area contributed by atoms with Crippen molar-refractivity contribution in [1.29, 1.82) is 0 Å². The third kappa shape index (κ3) is 4.98. The lowest BCUT2D eigenvalue weighted by Crippen LogP contribution is -2.47. The molecule has 172 valence electrons. The lowest BCUT2D eigenvalue weighted by Gasteiger charge is -2.36. The molecule has 1 aromatic heterocycles. The number of pyridine rings is 1.